The molecule has 2 aromatic rings. The van der Waals surface area contributed by atoms with E-state index in [0.717, 1.165) is 0 Å². The molecule has 0 bridgehead atoms. The minimum absolute atomic E-state index is 0.372. The molecule has 0 aliphatic heterocycles. The molecule has 2 rings (SSSR count). The molecule has 0 N–H and O–H groups in total. The molecule has 1 aromatic heterocycles. The molecular weight excluding hydrogens is 256 g/mol. The van der Waals surface area contributed by atoms with Crippen LogP contribution in [-0.4, -0.2) is 23.4 Å². The van der Waals surface area contributed by atoms with Gasteiger partial charge < -0.3 is 14.0 Å². The fraction of sp³-hybridized carbons (Fsp3) is 0.467. The Hall–Kier alpha value is -1.72. The molecule has 0 spiro atoms. The molecule has 5 nitrogen and oxygen atoms in total. The molecule has 0 aliphatic carbocycles. The Labute approximate surface area is 118 Å². The predicted octanol–water partition coefficient (Wildman–Crippen LogP) is 3.04. The smallest absolute Gasteiger partial charge is 0.283 e. The number of rotatable bonds is 7. The third-order valence-electron chi connectivity index (χ3n) is 2.93. The minimum Gasteiger partial charge on any atom is -0.345 e. The van der Waals surface area contributed by atoms with E-state index < -0.39 is 6.29 Å². The van der Waals surface area contributed by atoms with E-state index in [9.17, 15) is 0 Å². The van der Waals surface area contributed by atoms with Crippen LogP contribution in [0.1, 0.15) is 43.0 Å². The van der Waals surface area contributed by atoms with Gasteiger partial charge in [0.15, 0.2) is 5.82 Å². The van der Waals surface area contributed by atoms with Crippen LogP contribution in [0.2, 0.25) is 0 Å². The standard InChI is InChI=1S/C15H20N2O3/c1-4-18-15(19-5-2)14-16-13(17-20-14)10-12-9-7-6-8-11(12)3/h6-9,15H,4-5,10H2,1-3H3. The summed E-state index contributed by atoms with van der Waals surface area (Å²) in [6.45, 7) is 6.92. The largest absolute Gasteiger partial charge is 0.345 e. The van der Waals surface area contributed by atoms with Crippen molar-refractivity contribution in [3.8, 4) is 0 Å². The van der Waals surface area contributed by atoms with Gasteiger partial charge in [0, 0.05) is 19.6 Å². The first kappa shape index (κ1) is 14.7. The first-order valence-corrected chi connectivity index (χ1v) is 6.84. The summed E-state index contributed by atoms with van der Waals surface area (Å²) in [5.74, 6) is 1.01. The Morgan fingerprint density at radius 2 is 1.85 bits per heavy atom. The highest BCUT2D eigenvalue weighted by Crippen LogP contribution is 2.18. The highest BCUT2D eigenvalue weighted by atomic mass is 16.7. The summed E-state index contributed by atoms with van der Waals surface area (Å²) in [6.07, 6.45) is 0.0596. The number of benzene rings is 1. The van der Waals surface area contributed by atoms with Crippen molar-refractivity contribution in [2.45, 2.75) is 33.5 Å². The van der Waals surface area contributed by atoms with E-state index in [4.69, 9.17) is 14.0 Å². The van der Waals surface area contributed by atoms with Crippen LogP contribution in [0.3, 0.4) is 0 Å². The van der Waals surface area contributed by atoms with Gasteiger partial charge in [0.05, 0.1) is 0 Å². The number of aryl methyl sites for hydroxylation is 1. The molecule has 0 aliphatic rings. The van der Waals surface area contributed by atoms with Crippen LogP contribution in [0.5, 0.6) is 0 Å². The van der Waals surface area contributed by atoms with E-state index in [2.05, 4.69) is 29.2 Å². The summed E-state index contributed by atoms with van der Waals surface area (Å²) in [4.78, 5) is 4.36. The van der Waals surface area contributed by atoms with Gasteiger partial charge in [-0.3, -0.25) is 0 Å². The molecule has 0 atom stereocenters. The molecule has 0 unspecified atom stereocenters. The lowest BCUT2D eigenvalue weighted by atomic mass is 10.1. The molecule has 5 heteroatoms. The van der Waals surface area contributed by atoms with E-state index in [1.807, 2.05) is 26.0 Å². The molecular formula is C15H20N2O3. The molecule has 108 valence electrons. The molecule has 0 saturated heterocycles. The summed E-state index contributed by atoms with van der Waals surface area (Å²) in [5, 5.41) is 3.99. The molecule has 1 heterocycles. The highest BCUT2D eigenvalue weighted by Gasteiger charge is 2.19. The lowest BCUT2D eigenvalue weighted by Gasteiger charge is -2.11. The van der Waals surface area contributed by atoms with Crippen molar-refractivity contribution >= 4 is 0 Å². The Morgan fingerprint density at radius 3 is 2.50 bits per heavy atom. The van der Waals surface area contributed by atoms with Crippen molar-refractivity contribution in [1.82, 2.24) is 10.1 Å². The summed E-state index contributed by atoms with van der Waals surface area (Å²) < 4.78 is 16.1. The maximum Gasteiger partial charge on any atom is 0.283 e. The maximum absolute atomic E-state index is 5.44. The first-order valence-electron chi connectivity index (χ1n) is 6.84. The maximum atomic E-state index is 5.44. The zero-order valence-electron chi connectivity index (χ0n) is 12.1. The predicted molar refractivity (Wildman–Crippen MR) is 74.3 cm³/mol. The van der Waals surface area contributed by atoms with Crippen LogP contribution in [0.4, 0.5) is 0 Å². The third kappa shape index (κ3) is 3.65. The van der Waals surface area contributed by atoms with Crippen molar-refractivity contribution in [3.63, 3.8) is 0 Å². The second kappa shape index (κ2) is 7.17. The molecule has 0 saturated carbocycles. The quantitative estimate of drug-likeness (QED) is 0.727. The van der Waals surface area contributed by atoms with Gasteiger partial charge in [0.2, 0.25) is 6.29 Å². The van der Waals surface area contributed by atoms with Crippen molar-refractivity contribution in [1.29, 1.82) is 0 Å². The van der Waals surface area contributed by atoms with Crippen molar-refractivity contribution in [3.05, 3.63) is 47.1 Å². The highest BCUT2D eigenvalue weighted by molar-refractivity contribution is 5.27. The van der Waals surface area contributed by atoms with Gasteiger partial charge in [-0.15, -0.1) is 0 Å². The number of aromatic nitrogens is 2. The fourth-order valence-electron chi connectivity index (χ4n) is 1.91. The average molecular weight is 276 g/mol. The van der Waals surface area contributed by atoms with Crippen LogP contribution < -0.4 is 0 Å². The van der Waals surface area contributed by atoms with Gasteiger partial charge in [-0.2, -0.15) is 4.98 Å². The zero-order chi connectivity index (χ0) is 14.4. The molecule has 0 fully saturated rings. The number of hydrogen-bond acceptors (Lipinski definition) is 5. The van der Waals surface area contributed by atoms with Gasteiger partial charge >= 0.3 is 0 Å². The number of hydrogen-bond donors (Lipinski definition) is 0. The molecule has 1 aromatic carbocycles. The Bertz CT molecular complexity index is 533. The summed E-state index contributed by atoms with van der Waals surface area (Å²) in [6, 6.07) is 8.15. The number of nitrogens with zero attached hydrogens (tertiary/aromatic N) is 2. The Kier molecular flexibility index (Phi) is 5.26. The Balaban J connectivity index is 2.10. The Morgan fingerprint density at radius 1 is 1.15 bits per heavy atom. The van der Waals surface area contributed by atoms with Crippen LogP contribution >= 0.6 is 0 Å². The van der Waals surface area contributed by atoms with Crippen LogP contribution in [0.25, 0.3) is 0 Å². The summed E-state index contributed by atoms with van der Waals surface area (Å²) in [7, 11) is 0. The van der Waals surface area contributed by atoms with Gasteiger partial charge in [-0.25, -0.2) is 0 Å². The van der Waals surface area contributed by atoms with E-state index >= 15 is 0 Å². The van der Waals surface area contributed by atoms with Crippen LogP contribution in [-0.2, 0) is 15.9 Å². The van der Waals surface area contributed by atoms with E-state index in [0.29, 0.717) is 31.3 Å². The minimum atomic E-state index is -0.580. The number of ether oxygens (including phenoxy) is 2. The van der Waals surface area contributed by atoms with Crippen molar-refractivity contribution in [2.75, 3.05) is 13.2 Å². The first-order chi connectivity index (χ1) is 9.74. The van der Waals surface area contributed by atoms with Gasteiger partial charge in [0.25, 0.3) is 5.89 Å². The second-order valence-corrected chi connectivity index (χ2v) is 4.39. The summed E-state index contributed by atoms with van der Waals surface area (Å²) in [5.41, 5.74) is 2.40. The lowest BCUT2D eigenvalue weighted by Crippen LogP contribution is -2.09. The van der Waals surface area contributed by atoms with Crippen molar-refractivity contribution < 1.29 is 14.0 Å². The lowest BCUT2D eigenvalue weighted by molar-refractivity contribution is -0.155. The third-order valence-corrected chi connectivity index (χ3v) is 2.93. The van der Waals surface area contributed by atoms with E-state index in [1.54, 1.807) is 0 Å². The monoisotopic (exact) mass is 276 g/mol. The topological polar surface area (TPSA) is 57.4 Å². The molecule has 0 amide bonds. The second-order valence-electron chi connectivity index (χ2n) is 4.39. The van der Waals surface area contributed by atoms with E-state index in [-0.39, 0.29) is 0 Å². The fourth-order valence-corrected chi connectivity index (χ4v) is 1.91. The molecule has 20 heavy (non-hydrogen) atoms. The van der Waals surface area contributed by atoms with Crippen LogP contribution in [0, 0.1) is 6.92 Å². The van der Waals surface area contributed by atoms with Crippen LogP contribution in [0.15, 0.2) is 28.8 Å². The molecule has 0 radical (unpaired) electrons. The van der Waals surface area contributed by atoms with Gasteiger partial charge in [-0.1, -0.05) is 29.4 Å². The SMILES string of the molecule is CCOC(OCC)c1nc(Cc2ccccc2C)no1. The normalized spacial score (nSPS) is 11.2. The van der Waals surface area contributed by atoms with Crippen molar-refractivity contribution in [2.24, 2.45) is 0 Å². The van der Waals surface area contributed by atoms with E-state index in [1.165, 1.54) is 11.1 Å². The van der Waals surface area contributed by atoms with Gasteiger partial charge in [-0.05, 0) is 31.9 Å². The average Bonchev–Trinajstić information content (AvgIpc) is 2.90. The zero-order valence-corrected chi connectivity index (χ0v) is 12.1. The van der Waals surface area contributed by atoms with Gasteiger partial charge in [0.1, 0.15) is 0 Å². The summed E-state index contributed by atoms with van der Waals surface area (Å²) >= 11 is 0.